The van der Waals surface area contributed by atoms with Gasteiger partial charge in [0.15, 0.2) is 0 Å². The third kappa shape index (κ3) is 2.00. The van der Waals surface area contributed by atoms with Gasteiger partial charge in [0.1, 0.15) is 0 Å². The zero-order valence-electron chi connectivity index (χ0n) is 14.5. The van der Waals surface area contributed by atoms with E-state index < -0.39 is 0 Å². The average Bonchev–Trinajstić information content (AvgIpc) is 3.02. The molecule has 0 atom stereocenters. The lowest BCUT2D eigenvalue weighted by molar-refractivity contribution is 0.986. The van der Waals surface area contributed by atoms with E-state index in [1.165, 1.54) is 5.56 Å². The number of pyridine rings is 1. The highest BCUT2D eigenvalue weighted by Gasteiger charge is 2.13. The number of hydrogen-bond acceptors (Lipinski definition) is 3. The summed E-state index contributed by atoms with van der Waals surface area (Å²) in [4.78, 5) is 22.1. The average molecular weight is 340 g/mol. The van der Waals surface area contributed by atoms with Gasteiger partial charge < -0.3 is 0 Å². The summed E-state index contributed by atoms with van der Waals surface area (Å²) >= 11 is 0. The Bertz CT molecular complexity index is 1380. The fourth-order valence-electron chi connectivity index (χ4n) is 3.58. The maximum Gasteiger partial charge on any atom is 0.266 e. The minimum atomic E-state index is -0.0818. The van der Waals surface area contributed by atoms with Crippen molar-refractivity contribution in [1.29, 1.82) is 0 Å². The molecule has 3 heterocycles. The van der Waals surface area contributed by atoms with Crippen LogP contribution in [0.25, 0.3) is 33.4 Å². The van der Waals surface area contributed by atoms with Crippen molar-refractivity contribution in [3.8, 4) is 5.69 Å². The first-order chi connectivity index (χ1) is 12.6. The second-order valence-corrected chi connectivity index (χ2v) is 6.57. The zero-order chi connectivity index (χ0) is 17.8. The molecule has 0 unspecified atom stereocenters. The van der Waals surface area contributed by atoms with Crippen LogP contribution < -0.4 is 5.56 Å². The van der Waals surface area contributed by atoms with E-state index in [0.29, 0.717) is 11.2 Å². The lowest BCUT2D eigenvalue weighted by Gasteiger charge is -2.11. The van der Waals surface area contributed by atoms with Crippen molar-refractivity contribution in [2.45, 2.75) is 13.8 Å². The van der Waals surface area contributed by atoms with Crippen LogP contribution in [0.15, 0.2) is 65.7 Å². The molecule has 0 bridgehead atoms. The third-order valence-electron chi connectivity index (χ3n) is 4.81. The van der Waals surface area contributed by atoms with E-state index in [-0.39, 0.29) is 5.56 Å². The van der Waals surface area contributed by atoms with Crippen LogP contribution in [0, 0.1) is 13.8 Å². The van der Waals surface area contributed by atoms with E-state index in [2.05, 4.69) is 16.0 Å². The monoisotopic (exact) mass is 340 g/mol. The van der Waals surface area contributed by atoms with Crippen LogP contribution in [0.3, 0.4) is 0 Å². The van der Waals surface area contributed by atoms with Crippen molar-refractivity contribution in [3.05, 3.63) is 82.4 Å². The molecule has 26 heavy (non-hydrogen) atoms. The molecule has 0 saturated carbocycles. The van der Waals surface area contributed by atoms with Crippen LogP contribution in [0.1, 0.15) is 11.1 Å². The lowest BCUT2D eigenvalue weighted by atomic mass is 10.1. The van der Waals surface area contributed by atoms with Gasteiger partial charge in [-0.3, -0.25) is 13.8 Å². The number of para-hydroxylation sites is 2. The molecule has 2 aromatic carbocycles. The molecule has 0 N–H and O–H groups in total. The number of aromatic nitrogens is 4. The van der Waals surface area contributed by atoms with Crippen LogP contribution in [0.2, 0.25) is 0 Å². The summed E-state index contributed by atoms with van der Waals surface area (Å²) in [6.07, 6.45) is 3.45. The van der Waals surface area contributed by atoms with Gasteiger partial charge in [0.25, 0.3) is 5.56 Å². The second-order valence-electron chi connectivity index (χ2n) is 6.57. The van der Waals surface area contributed by atoms with E-state index in [9.17, 15) is 4.79 Å². The molecule has 0 radical (unpaired) electrons. The van der Waals surface area contributed by atoms with Crippen molar-refractivity contribution in [2.75, 3.05) is 0 Å². The molecule has 3 aromatic heterocycles. The Kier molecular flexibility index (Phi) is 3.00. The van der Waals surface area contributed by atoms with Crippen LogP contribution in [-0.2, 0) is 0 Å². The van der Waals surface area contributed by atoms with Gasteiger partial charge in [-0.15, -0.1) is 0 Å². The molecule has 5 nitrogen and oxygen atoms in total. The Balaban J connectivity index is 1.88. The van der Waals surface area contributed by atoms with Crippen molar-refractivity contribution >= 4 is 27.7 Å². The normalized spacial score (nSPS) is 11.6. The Morgan fingerprint density at radius 2 is 1.81 bits per heavy atom. The van der Waals surface area contributed by atoms with E-state index >= 15 is 0 Å². The molecule has 0 aliphatic carbocycles. The zero-order valence-corrected chi connectivity index (χ0v) is 14.5. The van der Waals surface area contributed by atoms with Crippen molar-refractivity contribution in [3.63, 3.8) is 0 Å². The van der Waals surface area contributed by atoms with E-state index in [1.807, 2.05) is 66.9 Å². The van der Waals surface area contributed by atoms with Gasteiger partial charge in [0.05, 0.1) is 27.6 Å². The van der Waals surface area contributed by atoms with Gasteiger partial charge in [0, 0.05) is 12.4 Å². The molecule has 5 aromatic rings. The topological polar surface area (TPSA) is 52.2 Å². The van der Waals surface area contributed by atoms with Gasteiger partial charge in [-0.05, 0) is 43.7 Å². The summed E-state index contributed by atoms with van der Waals surface area (Å²) < 4.78 is 3.63. The molecule has 0 fully saturated rings. The smallest absolute Gasteiger partial charge is 0.266 e. The summed E-state index contributed by atoms with van der Waals surface area (Å²) in [7, 11) is 0. The third-order valence-corrected chi connectivity index (χ3v) is 4.81. The highest BCUT2D eigenvalue weighted by Crippen LogP contribution is 2.21. The van der Waals surface area contributed by atoms with Gasteiger partial charge in [-0.25, -0.2) is 9.97 Å². The Labute approximate surface area is 149 Å². The summed E-state index contributed by atoms with van der Waals surface area (Å²) in [5.41, 5.74) is 5.67. The summed E-state index contributed by atoms with van der Waals surface area (Å²) in [5, 5.41) is 0.572. The summed E-state index contributed by atoms with van der Waals surface area (Å²) in [6.45, 7) is 4.06. The first kappa shape index (κ1) is 14.8. The lowest BCUT2D eigenvalue weighted by Crippen LogP contribution is -2.19. The standard InChI is InChI=1S/C21H16N4O/c1-13-7-8-17(14(2)11-13)24-10-9-18-15(20(24)26)12-22-21-23-16-5-3-4-6-19(16)25(18)21/h3-12H,1-2H3. The van der Waals surface area contributed by atoms with Crippen molar-refractivity contribution in [2.24, 2.45) is 0 Å². The molecule has 0 aliphatic rings. The molecule has 0 amide bonds. The quantitative estimate of drug-likeness (QED) is 0.466. The minimum absolute atomic E-state index is 0.0818. The number of imidazole rings is 1. The van der Waals surface area contributed by atoms with Crippen LogP contribution in [0.4, 0.5) is 0 Å². The molecular weight excluding hydrogens is 324 g/mol. The summed E-state index contributed by atoms with van der Waals surface area (Å²) in [6, 6.07) is 15.9. The minimum Gasteiger partial charge on any atom is -0.283 e. The van der Waals surface area contributed by atoms with Gasteiger partial charge in [0.2, 0.25) is 5.78 Å². The molecule has 0 saturated heterocycles. The first-order valence-electron chi connectivity index (χ1n) is 8.49. The second kappa shape index (κ2) is 5.26. The number of rotatable bonds is 1. The Hall–Kier alpha value is -3.47. The van der Waals surface area contributed by atoms with E-state index in [0.717, 1.165) is 27.8 Å². The van der Waals surface area contributed by atoms with E-state index in [1.54, 1.807) is 10.8 Å². The fourth-order valence-corrected chi connectivity index (χ4v) is 3.58. The number of aryl methyl sites for hydroxylation is 2. The van der Waals surface area contributed by atoms with Crippen molar-refractivity contribution < 1.29 is 0 Å². The predicted molar refractivity (Wildman–Crippen MR) is 103 cm³/mol. The Morgan fingerprint density at radius 1 is 0.962 bits per heavy atom. The summed E-state index contributed by atoms with van der Waals surface area (Å²) in [5.74, 6) is 0.599. The first-order valence-corrected chi connectivity index (χ1v) is 8.49. The van der Waals surface area contributed by atoms with Crippen LogP contribution >= 0.6 is 0 Å². The van der Waals surface area contributed by atoms with Gasteiger partial charge >= 0.3 is 0 Å². The molecule has 0 spiro atoms. The van der Waals surface area contributed by atoms with Gasteiger partial charge in [-0.1, -0.05) is 29.8 Å². The molecule has 0 aliphatic heterocycles. The number of fused-ring (bicyclic) bond motifs is 5. The molecule has 5 rings (SSSR count). The molecule has 5 heteroatoms. The molecular formula is C21H16N4O. The number of nitrogens with zero attached hydrogens (tertiary/aromatic N) is 4. The number of benzene rings is 2. The number of hydrogen-bond donors (Lipinski definition) is 0. The predicted octanol–water partition coefficient (Wildman–Crippen LogP) is 3.80. The van der Waals surface area contributed by atoms with Crippen LogP contribution in [0.5, 0.6) is 0 Å². The maximum atomic E-state index is 13.2. The molecule has 126 valence electrons. The highest BCUT2D eigenvalue weighted by atomic mass is 16.1. The van der Waals surface area contributed by atoms with E-state index in [4.69, 9.17) is 0 Å². The SMILES string of the molecule is Cc1ccc(-n2ccc3c(cnc4nc5ccccc5n43)c2=O)c(C)c1. The van der Waals surface area contributed by atoms with Gasteiger partial charge in [-0.2, -0.15) is 0 Å². The maximum absolute atomic E-state index is 13.2. The fraction of sp³-hybridized carbons (Fsp3) is 0.0952. The van der Waals surface area contributed by atoms with Crippen LogP contribution in [-0.4, -0.2) is 18.9 Å². The van der Waals surface area contributed by atoms with Crippen molar-refractivity contribution in [1.82, 2.24) is 18.9 Å². The Morgan fingerprint density at radius 3 is 2.65 bits per heavy atom. The highest BCUT2D eigenvalue weighted by molar-refractivity contribution is 5.88. The largest absolute Gasteiger partial charge is 0.283 e.